The summed E-state index contributed by atoms with van der Waals surface area (Å²) in [6, 6.07) is 10.7. The van der Waals surface area contributed by atoms with E-state index in [4.69, 9.17) is 19.9 Å². The molecule has 2 unspecified atom stereocenters. The molecule has 2 heterocycles. The summed E-state index contributed by atoms with van der Waals surface area (Å²) in [6.07, 6.45) is 2.83. The molecule has 6 heteroatoms. The van der Waals surface area contributed by atoms with Crippen molar-refractivity contribution in [1.29, 1.82) is 0 Å². The molecule has 1 aromatic carbocycles. The molecule has 2 aromatic rings. The van der Waals surface area contributed by atoms with Crippen LogP contribution in [-0.4, -0.2) is 35.2 Å². The molecule has 1 saturated heterocycles. The number of benzene rings is 1. The average Bonchev–Trinajstić information content (AvgIpc) is 3.03. The van der Waals surface area contributed by atoms with Gasteiger partial charge in [-0.2, -0.15) is 0 Å². The van der Waals surface area contributed by atoms with Gasteiger partial charge in [0.25, 0.3) is 0 Å². The van der Waals surface area contributed by atoms with Gasteiger partial charge in [-0.25, -0.2) is 4.98 Å². The van der Waals surface area contributed by atoms with E-state index in [0.29, 0.717) is 37.6 Å². The monoisotopic (exact) mass is 358 g/mol. The smallest absolute Gasteiger partial charge is 0.213 e. The van der Waals surface area contributed by atoms with Crippen molar-refractivity contribution in [2.24, 2.45) is 0 Å². The van der Waals surface area contributed by atoms with Gasteiger partial charge in [0.05, 0.1) is 13.2 Å². The Balaban J connectivity index is 1.69. The predicted octanol–water partition coefficient (Wildman–Crippen LogP) is 3.46. The molecule has 26 heavy (non-hydrogen) atoms. The number of nitrogens with zero attached hydrogens (tertiary/aromatic N) is 1. The van der Waals surface area contributed by atoms with Crippen molar-refractivity contribution in [3.8, 4) is 11.6 Å². The Kier molecular flexibility index (Phi) is 5.64. The molecule has 0 radical (unpaired) electrons. The van der Waals surface area contributed by atoms with Gasteiger partial charge in [0.2, 0.25) is 5.88 Å². The van der Waals surface area contributed by atoms with Gasteiger partial charge in [0, 0.05) is 36.9 Å². The Morgan fingerprint density at radius 3 is 2.62 bits per heavy atom. The lowest BCUT2D eigenvalue weighted by atomic mass is 9.89. The minimum absolute atomic E-state index is 0.107. The van der Waals surface area contributed by atoms with Gasteiger partial charge < -0.3 is 25.1 Å². The van der Waals surface area contributed by atoms with Crippen LogP contribution in [-0.2, 0) is 9.47 Å². The van der Waals surface area contributed by atoms with Crippen LogP contribution in [0.2, 0.25) is 0 Å². The molecule has 1 fully saturated rings. The van der Waals surface area contributed by atoms with E-state index in [1.165, 1.54) is 0 Å². The van der Waals surface area contributed by atoms with E-state index in [9.17, 15) is 5.11 Å². The number of hydrogen-bond acceptors (Lipinski definition) is 6. The Hall–Kier alpha value is -2.31. The number of anilines is 1. The van der Waals surface area contributed by atoms with Crippen molar-refractivity contribution in [1.82, 2.24) is 4.98 Å². The summed E-state index contributed by atoms with van der Waals surface area (Å²) in [7, 11) is 0. The standard InChI is InChI=1S/C20H26N2O4/c1-14(17-7-6-16(23)11-18(17)21)12-20(24-9-10-25-20)13-15(2)26-19-5-3-4-8-22-19/h3-8,11,14-15,23H,9-10,12-13,21H2,1-2H3. The van der Waals surface area contributed by atoms with Crippen LogP contribution in [0.15, 0.2) is 42.6 Å². The van der Waals surface area contributed by atoms with Gasteiger partial charge >= 0.3 is 0 Å². The topological polar surface area (TPSA) is 86.8 Å². The third kappa shape index (κ3) is 4.45. The molecule has 1 aliphatic rings. The van der Waals surface area contributed by atoms with Crippen molar-refractivity contribution in [3.05, 3.63) is 48.2 Å². The molecule has 140 valence electrons. The largest absolute Gasteiger partial charge is 0.508 e. The third-order valence-electron chi connectivity index (χ3n) is 4.59. The van der Waals surface area contributed by atoms with Crippen molar-refractivity contribution < 1.29 is 19.3 Å². The van der Waals surface area contributed by atoms with Crippen LogP contribution >= 0.6 is 0 Å². The fourth-order valence-electron chi connectivity index (χ4n) is 3.51. The highest BCUT2D eigenvalue weighted by Crippen LogP contribution is 2.38. The van der Waals surface area contributed by atoms with E-state index in [1.807, 2.05) is 31.2 Å². The summed E-state index contributed by atoms with van der Waals surface area (Å²) in [5.74, 6) is 0.149. The minimum Gasteiger partial charge on any atom is -0.508 e. The Labute approximate surface area is 153 Å². The van der Waals surface area contributed by atoms with Crippen LogP contribution in [0.3, 0.4) is 0 Å². The molecule has 0 saturated carbocycles. The number of phenolic OH excluding ortho intramolecular Hbond substituents is 1. The SMILES string of the molecule is CC(CC1(CC(C)c2ccc(O)cc2N)OCCO1)Oc1ccccn1. The van der Waals surface area contributed by atoms with Crippen molar-refractivity contribution in [3.63, 3.8) is 0 Å². The molecule has 1 aromatic heterocycles. The summed E-state index contributed by atoms with van der Waals surface area (Å²) in [5.41, 5.74) is 7.61. The number of phenols is 1. The van der Waals surface area contributed by atoms with E-state index in [0.717, 1.165) is 5.56 Å². The van der Waals surface area contributed by atoms with Gasteiger partial charge in [-0.3, -0.25) is 0 Å². The van der Waals surface area contributed by atoms with Crippen LogP contribution in [0.25, 0.3) is 0 Å². The summed E-state index contributed by atoms with van der Waals surface area (Å²) < 4.78 is 17.9. The van der Waals surface area contributed by atoms with Crippen molar-refractivity contribution in [2.75, 3.05) is 18.9 Å². The maximum atomic E-state index is 9.56. The zero-order valence-corrected chi connectivity index (χ0v) is 15.2. The first-order valence-corrected chi connectivity index (χ1v) is 8.91. The Morgan fingerprint density at radius 1 is 1.19 bits per heavy atom. The van der Waals surface area contributed by atoms with Crippen LogP contribution < -0.4 is 10.5 Å². The van der Waals surface area contributed by atoms with Gasteiger partial charge in [-0.05, 0) is 30.5 Å². The molecule has 3 rings (SSSR count). The molecular weight excluding hydrogens is 332 g/mol. The number of ether oxygens (including phenoxy) is 3. The zero-order valence-electron chi connectivity index (χ0n) is 15.2. The normalized spacial score (nSPS) is 18.4. The number of rotatable bonds is 7. The average molecular weight is 358 g/mol. The Bertz CT molecular complexity index is 717. The fraction of sp³-hybridized carbons (Fsp3) is 0.450. The maximum Gasteiger partial charge on any atom is 0.213 e. The first kappa shape index (κ1) is 18.5. The highest BCUT2D eigenvalue weighted by atomic mass is 16.7. The summed E-state index contributed by atoms with van der Waals surface area (Å²) >= 11 is 0. The van der Waals surface area contributed by atoms with E-state index in [2.05, 4.69) is 11.9 Å². The first-order chi connectivity index (χ1) is 12.5. The molecule has 6 nitrogen and oxygen atoms in total. The Morgan fingerprint density at radius 2 is 1.96 bits per heavy atom. The summed E-state index contributed by atoms with van der Waals surface area (Å²) in [6.45, 7) is 5.20. The summed E-state index contributed by atoms with van der Waals surface area (Å²) in [4.78, 5) is 4.20. The molecule has 0 bridgehead atoms. The lowest BCUT2D eigenvalue weighted by molar-refractivity contribution is -0.180. The lowest BCUT2D eigenvalue weighted by Gasteiger charge is -2.32. The highest BCUT2D eigenvalue weighted by molar-refractivity contribution is 5.52. The lowest BCUT2D eigenvalue weighted by Crippen LogP contribution is -2.37. The van der Waals surface area contributed by atoms with Crippen LogP contribution in [0.4, 0.5) is 5.69 Å². The quantitative estimate of drug-likeness (QED) is 0.737. The molecule has 0 amide bonds. The highest BCUT2D eigenvalue weighted by Gasteiger charge is 2.40. The molecule has 2 atom stereocenters. The number of nitrogens with two attached hydrogens (primary N) is 1. The maximum absolute atomic E-state index is 9.56. The zero-order chi connectivity index (χ0) is 18.6. The molecule has 1 aliphatic heterocycles. The van der Waals surface area contributed by atoms with Crippen LogP contribution in [0.5, 0.6) is 11.6 Å². The number of aromatic nitrogens is 1. The van der Waals surface area contributed by atoms with E-state index in [-0.39, 0.29) is 17.8 Å². The predicted molar refractivity (Wildman–Crippen MR) is 99.1 cm³/mol. The van der Waals surface area contributed by atoms with Gasteiger partial charge in [0.15, 0.2) is 5.79 Å². The van der Waals surface area contributed by atoms with Crippen LogP contribution in [0.1, 0.15) is 38.2 Å². The second kappa shape index (κ2) is 7.93. The van der Waals surface area contributed by atoms with Gasteiger partial charge in [0.1, 0.15) is 11.9 Å². The fourth-order valence-corrected chi connectivity index (χ4v) is 3.51. The number of pyridine rings is 1. The molecular formula is C20H26N2O4. The second-order valence-corrected chi connectivity index (χ2v) is 6.83. The van der Waals surface area contributed by atoms with Crippen LogP contribution in [0, 0.1) is 0 Å². The molecule has 3 N–H and O–H groups in total. The second-order valence-electron chi connectivity index (χ2n) is 6.83. The van der Waals surface area contributed by atoms with E-state index >= 15 is 0 Å². The van der Waals surface area contributed by atoms with Gasteiger partial charge in [-0.1, -0.05) is 19.1 Å². The van der Waals surface area contributed by atoms with E-state index in [1.54, 1.807) is 18.3 Å². The third-order valence-corrected chi connectivity index (χ3v) is 4.59. The summed E-state index contributed by atoms with van der Waals surface area (Å²) in [5, 5.41) is 9.56. The van der Waals surface area contributed by atoms with Crippen molar-refractivity contribution >= 4 is 5.69 Å². The van der Waals surface area contributed by atoms with E-state index < -0.39 is 5.79 Å². The minimum atomic E-state index is -0.710. The van der Waals surface area contributed by atoms with Crippen molar-refractivity contribution in [2.45, 2.75) is 44.5 Å². The van der Waals surface area contributed by atoms with Gasteiger partial charge in [-0.15, -0.1) is 0 Å². The molecule has 0 aliphatic carbocycles. The number of aromatic hydroxyl groups is 1. The number of hydrogen-bond donors (Lipinski definition) is 2. The molecule has 0 spiro atoms. The first-order valence-electron chi connectivity index (χ1n) is 8.91. The number of nitrogen functional groups attached to an aromatic ring is 1.